The average molecular weight is 319 g/mol. The summed E-state index contributed by atoms with van der Waals surface area (Å²) in [7, 11) is 4.66. The van der Waals surface area contributed by atoms with Crippen LogP contribution in [-0.2, 0) is 0 Å². The van der Waals surface area contributed by atoms with Crippen LogP contribution in [0, 0.1) is 0 Å². The summed E-state index contributed by atoms with van der Waals surface area (Å²) in [4.78, 5) is 12.6. The van der Waals surface area contributed by atoms with Crippen LogP contribution in [0.5, 0.6) is 17.2 Å². The zero-order chi connectivity index (χ0) is 17.0. The monoisotopic (exact) mass is 319 g/mol. The number of rotatable bonds is 6. The molecular weight excluding hydrogens is 298 g/mol. The molecule has 8 nitrogen and oxygen atoms in total. The fraction of sp³-hybridized carbons (Fsp3) is 0.400. The molecule has 2 aromatic rings. The van der Waals surface area contributed by atoms with E-state index < -0.39 is 0 Å². The zero-order valence-electron chi connectivity index (χ0n) is 13.9. The van der Waals surface area contributed by atoms with Gasteiger partial charge in [-0.2, -0.15) is 15.0 Å². The molecule has 0 bridgehead atoms. The zero-order valence-corrected chi connectivity index (χ0v) is 13.9. The van der Waals surface area contributed by atoms with E-state index in [-0.39, 0.29) is 11.9 Å². The molecular formula is C15H21N5O3. The van der Waals surface area contributed by atoms with Gasteiger partial charge in [0, 0.05) is 23.7 Å². The second-order valence-electron chi connectivity index (χ2n) is 5.07. The molecule has 124 valence electrons. The Morgan fingerprint density at radius 2 is 1.57 bits per heavy atom. The highest BCUT2D eigenvalue weighted by Crippen LogP contribution is 2.40. The van der Waals surface area contributed by atoms with Crippen molar-refractivity contribution in [1.82, 2.24) is 15.0 Å². The van der Waals surface area contributed by atoms with Crippen molar-refractivity contribution in [2.24, 2.45) is 0 Å². The van der Waals surface area contributed by atoms with E-state index in [0.717, 1.165) is 0 Å². The van der Waals surface area contributed by atoms with Crippen LogP contribution in [0.3, 0.4) is 0 Å². The number of nitrogens with one attached hydrogen (secondary N) is 1. The number of hydrogen-bond donors (Lipinski definition) is 2. The molecule has 0 unspecified atom stereocenters. The Labute approximate surface area is 135 Å². The Hall–Kier alpha value is -2.77. The predicted molar refractivity (Wildman–Crippen MR) is 87.7 cm³/mol. The summed E-state index contributed by atoms with van der Waals surface area (Å²) >= 11 is 0. The summed E-state index contributed by atoms with van der Waals surface area (Å²) in [5, 5.41) is 3.08. The van der Waals surface area contributed by atoms with E-state index in [4.69, 9.17) is 19.9 Å². The van der Waals surface area contributed by atoms with Gasteiger partial charge in [0.25, 0.3) is 0 Å². The molecule has 0 aliphatic rings. The number of methoxy groups -OCH3 is 3. The van der Waals surface area contributed by atoms with E-state index in [1.54, 1.807) is 33.5 Å². The molecule has 1 aromatic heterocycles. The lowest BCUT2D eigenvalue weighted by atomic mass is 10.2. The molecule has 0 aliphatic carbocycles. The van der Waals surface area contributed by atoms with Gasteiger partial charge < -0.3 is 25.3 Å². The minimum Gasteiger partial charge on any atom is -0.493 e. The van der Waals surface area contributed by atoms with E-state index >= 15 is 0 Å². The summed E-state index contributed by atoms with van der Waals surface area (Å²) in [6.45, 7) is 3.97. The molecule has 2 rings (SSSR count). The largest absolute Gasteiger partial charge is 0.493 e. The van der Waals surface area contributed by atoms with Gasteiger partial charge in [-0.15, -0.1) is 0 Å². The minimum absolute atomic E-state index is 0.140. The lowest BCUT2D eigenvalue weighted by molar-refractivity contribution is 0.324. The second-order valence-corrected chi connectivity index (χ2v) is 5.07. The lowest BCUT2D eigenvalue weighted by Gasteiger charge is -2.15. The van der Waals surface area contributed by atoms with Crippen LogP contribution in [-0.4, -0.2) is 36.3 Å². The molecule has 1 aromatic carbocycles. The first-order valence-corrected chi connectivity index (χ1v) is 7.07. The van der Waals surface area contributed by atoms with Crippen molar-refractivity contribution < 1.29 is 14.2 Å². The van der Waals surface area contributed by atoms with Gasteiger partial charge in [0.1, 0.15) is 5.82 Å². The van der Waals surface area contributed by atoms with Gasteiger partial charge in [0.2, 0.25) is 17.6 Å². The Bertz CT molecular complexity index is 666. The van der Waals surface area contributed by atoms with E-state index in [9.17, 15) is 0 Å². The van der Waals surface area contributed by atoms with Crippen LogP contribution in [0.1, 0.15) is 25.6 Å². The third-order valence-corrected chi connectivity index (χ3v) is 3.11. The van der Waals surface area contributed by atoms with E-state index in [0.29, 0.717) is 34.7 Å². The van der Waals surface area contributed by atoms with Crippen molar-refractivity contribution in [3.8, 4) is 17.2 Å². The number of nitrogens with zero attached hydrogens (tertiary/aromatic N) is 3. The fourth-order valence-electron chi connectivity index (χ4n) is 2.01. The molecule has 0 saturated heterocycles. The number of nitrogens with two attached hydrogens (primary N) is 1. The summed E-state index contributed by atoms with van der Waals surface area (Å²) < 4.78 is 15.9. The maximum Gasteiger partial charge on any atom is 0.232 e. The van der Waals surface area contributed by atoms with Gasteiger partial charge in [-0.3, -0.25) is 0 Å². The average Bonchev–Trinajstić information content (AvgIpc) is 2.53. The molecule has 3 N–H and O–H groups in total. The number of benzene rings is 1. The van der Waals surface area contributed by atoms with Crippen LogP contribution >= 0.6 is 0 Å². The molecule has 0 fully saturated rings. The summed E-state index contributed by atoms with van der Waals surface area (Å²) in [5.41, 5.74) is 6.42. The number of aromatic nitrogens is 3. The van der Waals surface area contributed by atoms with Crippen LogP contribution in [0.4, 0.5) is 17.6 Å². The molecule has 23 heavy (non-hydrogen) atoms. The lowest BCUT2D eigenvalue weighted by Crippen LogP contribution is -2.08. The third kappa shape index (κ3) is 3.71. The fourth-order valence-corrected chi connectivity index (χ4v) is 2.01. The first-order chi connectivity index (χ1) is 11.0. The summed E-state index contributed by atoms with van der Waals surface area (Å²) in [6, 6.07) is 3.52. The standard InChI is InChI=1S/C15H21N5O3/c1-8(2)13-18-14(16)20-15(19-13)17-9-6-10(21-3)12(23-5)11(7-9)22-4/h6-8H,1-5H3,(H3,16,17,18,19,20). The Kier molecular flexibility index (Phi) is 5.05. The quantitative estimate of drug-likeness (QED) is 0.836. The minimum atomic E-state index is 0.140. The van der Waals surface area contributed by atoms with Crippen molar-refractivity contribution in [3.63, 3.8) is 0 Å². The highest BCUT2D eigenvalue weighted by atomic mass is 16.5. The van der Waals surface area contributed by atoms with Crippen molar-refractivity contribution in [1.29, 1.82) is 0 Å². The molecule has 0 aliphatic heterocycles. The summed E-state index contributed by atoms with van der Waals surface area (Å²) in [5.74, 6) is 2.85. The smallest absolute Gasteiger partial charge is 0.232 e. The highest BCUT2D eigenvalue weighted by Gasteiger charge is 2.14. The van der Waals surface area contributed by atoms with Crippen LogP contribution in [0.25, 0.3) is 0 Å². The van der Waals surface area contributed by atoms with Crippen molar-refractivity contribution >= 4 is 17.6 Å². The maximum atomic E-state index is 5.74. The molecule has 0 radical (unpaired) electrons. The topological polar surface area (TPSA) is 104 Å². The SMILES string of the molecule is COc1cc(Nc2nc(N)nc(C(C)C)n2)cc(OC)c1OC. The molecule has 0 spiro atoms. The van der Waals surface area contributed by atoms with Gasteiger partial charge >= 0.3 is 0 Å². The molecule has 0 amide bonds. The van der Waals surface area contributed by atoms with Crippen LogP contribution in [0.2, 0.25) is 0 Å². The van der Waals surface area contributed by atoms with Crippen LogP contribution < -0.4 is 25.3 Å². The number of hydrogen-bond acceptors (Lipinski definition) is 8. The van der Waals surface area contributed by atoms with Gasteiger partial charge in [-0.1, -0.05) is 13.8 Å². The van der Waals surface area contributed by atoms with Crippen molar-refractivity contribution in [3.05, 3.63) is 18.0 Å². The Morgan fingerprint density at radius 1 is 0.957 bits per heavy atom. The Morgan fingerprint density at radius 3 is 2.04 bits per heavy atom. The second kappa shape index (κ2) is 6.99. The maximum absolute atomic E-state index is 5.74. The highest BCUT2D eigenvalue weighted by molar-refractivity contribution is 5.65. The van der Waals surface area contributed by atoms with Crippen molar-refractivity contribution in [2.45, 2.75) is 19.8 Å². The van der Waals surface area contributed by atoms with Gasteiger partial charge in [-0.25, -0.2) is 0 Å². The van der Waals surface area contributed by atoms with E-state index in [1.807, 2.05) is 13.8 Å². The first-order valence-electron chi connectivity index (χ1n) is 7.07. The number of ether oxygens (including phenoxy) is 3. The third-order valence-electron chi connectivity index (χ3n) is 3.11. The molecule has 0 atom stereocenters. The number of anilines is 3. The van der Waals surface area contributed by atoms with Gasteiger partial charge in [0.05, 0.1) is 21.3 Å². The molecule has 1 heterocycles. The summed E-state index contributed by atoms with van der Waals surface area (Å²) in [6.07, 6.45) is 0. The number of nitrogen functional groups attached to an aromatic ring is 1. The Balaban J connectivity index is 2.40. The molecule has 0 saturated carbocycles. The van der Waals surface area contributed by atoms with Gasteiger partial charge in [-0.05, 0) is 0 Å². The van der Waals surface area contributed by atoms with Gasteiger partial charge in [0.15, 0.2) is 11.5 Å². The predicted octanol–water partition coefficient (Wildman–Crippen LogP) is 2.35. The first kappa shape index (κ1) is 16.6. The van der Waals surface area contributed by atoms with E-state index in [1.165, 1.54) is 0 Å². The molecule has 8 heteroatoms. The van der Waals surface area contributed by atoms with Crippen LogP contribution in [0.15, 0.2) is 12.1 Å². The normalized spacial score (nSPS) is 10.5. The van der Waals surface area contributed by atoms with E-state index in [2.05, 4.69) is 20.3 Å². The van der Waals surface area contributed by atoms with Crippen molar-refractivity contribution in [2.75, 3.05) is 32.4 Å².